The first-order chi connectivity index (χ1) is 5.33. The molecule has 0 radical (unpaired) electrons. The maximum absolute atomic E-state index is 9.07. The quantitative estimate of drug-likeness (QED) is 0.655. The Morgan fingerprint density at radius 3 is 2.82 bits per heavy atom. The van der Waals surface area contributed by atoms with Gasteiger partial charge in [0.25, 0.3) is 0 Å². The molecule has 1 heterocycles. The fourth-order valence-corrected chi connectivity index (χ4v) is 1.46. The van der Waals surface area contributed by atoms with E-state index in [4.69, 9.17) is 14.6 Å². The van der Waals surface area contributed by atoms with E-state index in [1.807, 2.05) is 0 Å². The standard InChI is InChI=1S/C8H16O3/c1-10-7-8(6-9)4-2-3-5-11-8/h9H,2-7H2,1H3. The smallest absolute Gasteiger partial charge is 0.114 e. The second kappa shape index (κ2) is 4.04. The Morgan fingerprint density at radius 1 is 1.55 bits per heavy atom. The van der Waals surface area contributed by atoms with Gasteiger partial charge in [0.15, 0.2) is 0 Å². The van der Waals surface area contributed by atoms with Crippen molar-refractivity contribution in [2.45, 2.75) is 24.9 Å². The average molecular weight is 160 g/mol. The predicted molar refractivity (Wildman–Crippen MR) is 41.5 cm³/mol. The topological polar surface area (TPSA) is 38.7 Å². The van der Waals surface area contributed by atoms with Crippen LogP contribution >= 0.6 is 0 Å². The molecule has 1 fully saturated rings. The second-order valence-corrected chi connectivity index (χ2v) is 3.08. The summed E-state index contributed by atoms with van der Waals surface area (Å²) in [6.45, 7) is 1.33. The molecule has 1 N–H and O–H groups in total. The van der Waals surface area contributed by atoms with Crippen molar-refractivity contribution >= 4 is 0 Å². The highest BCUT2D eigenvalue weighted by Crippen LogP contribution is 2.24. The number of ether oxygens (including phenoxy) is 2. The molecule has 1 rings (SSSR count). The highest BCUT2D eigenvalue weighted by molar-refractivity contribution is 4.82. The van der Waals surface area contributed by atoms with Crippen LogP contribution in [0.25, 0.3) is 0 Å². The van der Waals surface area contributed by atoms with Crippen molar-refractivity contribution in [3.63, 3.8) is 0 Å². The van der Waals surface area contributed by atoms with Crippen LogP contribution in [0.2, 0.25) is 0 Å². The first-order valence-electron chi connectivity index (χ1n) is 4.07. The zero-order valence-electron chi connectivity index (χ0n) is 7.01. The van der Waals surface area contributed by atoms with Gasteiger partial charge in [-0.05, 0) is 19.3 Å². The first kappa shape index (κ1) is 8.97. The molecule has 0 aromatic rings. The van der Waals surface area contributed by atoms with Crippen molar-refractivity contribution < 1.29 is 14.6 Å². The third-order valence-electron chi connectivity index (χ3n) is 2.13. The number of rotatable bonds is 3. The molecule has 66 valence electrons. The molecule has 0 bridgehead atoms. The monoisotopic (exact) mass is 160 g/mol. The lowest BCUT2D eigenvalue weighted by Gasteiger charge is -2.34. The lowest BCUT2D eigenvalue weighted by atomic mass is 9.96. The van der Waals surface area contributed by atoms with E-state index in [2.05, 4.69) is 0 Å². The molecule has 0 aromatic carbocycles. The molecule has 1 aliphatic rings. The lowest BCUT2D eigenvalue weighted by molar-refractivity contribution is -0.139. The van der Waals surface area contributed by atoms with Crippen molar-refractivity contribution in [3.05, 3.63) is 0 Å². The van der Waals surface area contributed by atoms with E-state index in [-0.39, 0.29) is 6.61 Å². The molecule has 1 aliphatic heterocycles. The van der Waals surface area contributed by atoms with Gasteiger partial charge in [-0.15, -0.1) is 0 Å². The van der Waals surface area contributed by atoms with E-state index in [0.717, 1.165) is 25.9 Å². The highest BCUT2D eigenvalue weighted by Gasteiger charge is 2.32. The molecule has 0 aromatic heterocycles. The van der Waals surface area contributed by atoms with Crippen molar-refractivity contribution in [2.75, 3.05) is 26.9 Å². The summed E-state index contributed by atoms with van der Waals surface area (Å²) in [5.41, 5.74) is -0.396. The molecule has 3 heteroatoms. The van der Waals surface area contributed by atoms with Gasteiger partial charge in [-0.25, -0.2) is 0 Å². The number of aliphatic hydroxyl groups is 1. The van der Waals surface area contributed by atoms with Gasteiger partial charge in [0.05, 0.1) is 13.2 Å². The molecular formula is C8H16O3. The van der Waals surface area contributed by atoms with E-state index >= 15 is 0 Å². The normalized spacial score (nSPS) is 32.2. The van der Waals surface area contributed by atoms with Gasteiger partial charge < -0.3 is 14.6 Å². The van der Waals surface area contributed by atoms with Crippen molar-refractivity contribution in [1.82, 2.24) is 0 Å². The maximum atomic E-state index is 9.07. The predicted octanol–water partition coefficient (Wildman–Crippen LogP) is 0.564. The summed E-state index contributed by atoms with van der Waals surface area (Å²) in [7, 11) is 1.63. The van der Waals surface area contributed by atoms with Gasteiger partial charge in [-0.3, -0.25) is 0 Å². The lowest BCUT2D eigenvalue weighted by Crippen LogP contribution is -2.44. The van der Waals surface area contributed by atoms with E-state index in [1.54, 1.807) is 7.11 Å². The van der Waals surface area contributed by atoms with E-state index in [1.165, 1.54) is 0 Å². The van der Waals surface area contributed by atoms with Gasteiger partial charge in [0, 0.05) is 13.7 Å². The van der Waals surface area contributed by atoms with E-state index in [0.29, 0.717) is 6.61 Å². The summed E-state index contributed by atoms with van der Waals surface area (Å²) in [5, 5.41) is 9.07. The Morgan fingerprint density at radius 2 is 2.36 bits per heavy atom. The molecule has 3 nitrogen and oxygen atoms in total. The minimum Gasteiger partial charge on any atom is -0.393 e. The van der Waals surface area contributed by atoms with Crippen LogP contribution in [-0.2, 0) is 9.47 Å². The van der Waals surface area contributed by atoms with Crippen LogP contribution in [0.3, 0.4) is 0 Å². The summed E-state index contributed by atoms with van der Waals surface area (Å²) < 4.78 is 10.5. The molecule has 0 aliphatic carbocycles. The number of hydrogen-bond donors (Lipinski definition) is 1. The van der Waals surface area contributed by atoms with Crippen molar-refractivity contribution in [3.8, 4) is 0 Å². The molecule has 1 saturated heterocycles. The minimum atomic E-state index is -0.396. The van der Waals surface area contributed by atoms with Crippen molar-refractivity contribution in [2.24, 2.45) is 0 Å². The molecule has 0 amide bonds. The highest BCUT2D eigenvalue weighted by atomic mass is 16.5. The SMILES string of the molecule is COCC1(CO)CCCCO1. The molecule has 0 spiro atoms. The third kappa shape index (κ3) is 2.15. The molecule has 0 saturated carbocycles. The van der Waals surface area contributed by atoms with Crippen LogP contribution in [0.5, 0.6) is 0 Å². The van der Waals surface area contributed by atoms with Gasteiger partial charge in [0.2, 0.25) is 0 Å². The Balaban J connectivity index is 2.42. The molecular weight excluding hydrogens is 144 g/mol. The van der Waals surface area contributed by atoms with Gasteiger partial charge in [-0.1, -0.05) is 0 Å². The molecule has 1 unspecified atom stereocenters. The van der Waals surface area contributed by atoms with Gasteiger partial charge in [0.1, 0.15) is 5.60 Å². The Bertz CT molecular complexity index is 102. The van der Waals surface area contributed by atoms with Crippen molar-refractivity contribution in [1.29, 1.82) is 0 Å². The fourth-order valence-electron chi connectivity index (χ4n) is 1.46. The summed E-state index contributed by atoms with van der Waals surface area (Å²) >= 11 is 0. The van der Waals surface area contributed by atoms with Crippen LogP contribution < -0.4 is 0 Å². The Labute approximate surface area is 67.3 Å². The molecule has 11 heavy (non-hydrogen) atoms. The van der Waals surface area contributed by atoms with Crippen LogP contribution in [0, 0.1) is 0 Å². The first-order valence-corrected chi connectivity index (χ1v) is 4.07. The second-order valence-electron chi connectivity index (χ2n) is 3.08. The Hall–Kier alpha value is -0.120. The van der Waals surface area contributed by atoms with E-state index in [9.17, 15) is 0 Å². The summed E-state index contributed by atoms with van der Waals surface area (Å²) in [6.07, 6.45) is 3.15. The van der Waals surface area contributed by atoms with Crippen LogP contribution in [-0.4, -0.2) is 37.6 Å². The number of methoxy groups -OCH3 is 1. The Kier molecular flexibility index (Phi) is 3.30. The zero-order valence-corrected chi connectivity index (χ0v) is 7.01. The van der Waals surface area contributed by atoms with E-state index < -0.39 is 5.60 Å². The number of aliphatic hydroxyl groups excluding tert-OH is 1. The van der Waals surface area contributed by atoms with Crippen LogP contribution in [0.1, 0.15) is 19.3 Å². The van der Waals surface area contributed by atoms with Gasteiger partial charge in [-0.2, -0.15) is 0 Å². The molecule has 1 atom stereocenters. The summed E-state index contributed by atoms with van der Waals surface area (Å²) in [5.74, 6) is 0. The largest absolute Gasteiger partial charge is 0.393 e. The number of hydrogen-bond acceptors (Lipinski definition) is 3. The maximum Gasteiger partial charge on any atom is 0.114 e. The summed E-state index contributed by atoms with van der Waals surface area (Å²) in [6, 6.07) is 0. The average Bonchev–Trinajstić information content (AvgIpc) is 2.07. The van der Waals surface area contributed by atoms with Gasteiger partial charge >= 0.3 is 0 Å². The van der Waals surface area contributed by atoms with Crippen LogP contribution in [0.15, 0.2) is 0 Å². The third-order valence-corrected chi connectivity index (χ3v) is 2.13. The fraction of sp³-hybridized carbons (Fsp3) is 1.00. The minimum absolute atomic E-state index is 0.0703. The zero-order chi connectivity index (χ0) is 8.16. The van der Waals surface area contributed by atoms with Crippen LogP contribution in [0.4, 0.5) is 0 Å². The summed E-state index contributed by atoms with van der Waals surface area (Å²) in [4.78, 5) is 0.